The van der Waals surface area contributed by atoms with Crippen molar-refractivity contribution in [1.29, 1.82) is 0 Å². The van der Waals surface area contributed by atoms with Crippen molar-refractivity contribution in [2.75, 3.05) is 0 Å². The second-order valence-electron chi connectivity index (χ2n) is 4.30. The lowest BCUT2D eigenvalue weighted by molar-refractivity contribution is 0.0697. The Bertz CT molecular complexity index is 601. The molecule has 0 aliphatic carbocycles. The van der Waals surface area contributed by atoms with Gasteiger partial charge in [0.15, 0.2) is 0 Å². The van der Waals surface area contributed by atoms with Crippen LogP contribution in [0.2, 0.25) is 5.02 Å². The zero-order valence-electron chi connectivity index (χ0n) is 10.2. The molecule has 0 saturated carbocycles. The van der Waals surface area contributed by atoms with Crippen molar-refractivity contribution in [2.24, 2.45) is 0 Å². The Hall–Kier alpha value is -1.80. The molecule has 0 amide bonds. The highest BCUT2D eigenvalue weighted by atomic mass is 35.5. The number of halogens is 1. The predicted molar refractivity (Wildman–Crippen MR) is 73.3 cm³/mol. The first-order valence-electron chi connectivity index (χ1n) is 5.59. The molecule has 2 aromatic carbocycles. The van der Waals surface area contributed by atoms with Crippen molar-refractivity contribution in [3.63, 3.8) is 0 Å². The van der Waals surface area contributed by atoms with Crippen molar-refractivity contribution >= 4 is 17.6 Å². The molecule has 18 heavy (non-hydrogen) atoms. The number of aromatic carboxylic acids is 1. The van der Waals surface area contributed by atoms with Gasteiger partial charge in [-0.3, -0.25) is 0 Å². The van der Waals surface area contributed by atoms with E-state index in [1.807, 2.05) is 26.0 Å². The minimum absolute atomic E-state index is 0.277. The number of aryl methyl sites for hydroxylation is 2. The van der Waals surface area contributed by atoms with Crippen LogP contribution in [-0.4, -0.2) is 11.1 Å². The number of rotatable bonds is 2. The molecular formula is C15H13ClO2. The lowest BCUT2D eigenvalue weighted by atomic mass is 9.99. The molecule has 0 aliphatic heterocycles. The van der Waals surface area contributed by atoms with Gasteiger partial charge in [0.05, 0.1) is 5.56 Å². The smallest absolute Gasteiger partial charge is 0.335 e. The number of carbonyl (C=O) groups is 1. The lowest BCUT2D eigenvalue weighted by Crippen LogP contribution is -1.95. The highest BCUT2D eigenvalue weighted by molar-refractivity contribution is 6.33. The molecular weight excluding hydrogens is 248 g/mol. The molecule has 1 N–H and O–H groups in total. The molecule has 2 aromatic rings. The summed E-state index contributed by atoms with van der Waals surface area (Å²) in [5.74, 6) is -0.923. The fourth-order valence-corrected chi connectivity index (χ4v) is 2.12. The molecule has 0 aromatic heterocycles. The van der Waals surface area contributed by atoms with E-state index in [1.165, 1.54) is 0 Å². The highest BCUT2D eigenvalue weighted by Crippen LogP contribution is 2.30. The van der Waals surface area contributed by atoms with E-state index in [0.717, 1.165) is 22.3 Å². The zero-order chi connectivity index (χ0) is 13.3. The van der Waals surface area contributed by atoms with Crippen LogP contribution in [0.5, 0.6) is 0 Å². The Morgan fingerprint density at radius 2 is 1.61 bits per heavy atom. The largest absolute Gasteiger partial charge is 0.478 e. The Kier molecular flexibility index (Phi) is 3.39. The maximum Gasteiger partial charge on any atom is 0.335 e. The van der Waals surface area contributed by atoms with Crippen LogP contribution in [0.4, 0.5) is 0 Å². The van der Waals surface area contributed by atoms with Crippen LogP contribution in [0.3, 0.4) is 0 Å². The van der Waals surface area contributed by atoms with Gasteiger partial charge in [0.1, 0.15) is 0 Å². The molecule has 92 valence electrons. The van der Waals surface area contributed by atoms with E-state index in [4.69, 9.17) is 16.7 Å². The maximum atomic E-state index is 10.8. The predicted octanol–water partition coefficient (Wildman–Crippen LogP) is 4.32. The van der Waals surface area contributed by atoms with Crippen LogP contribution < -0.4 is 0 Å². The number of carboxylic acids is 1. The maximum absolute atomic E-state index is 10.8. The molecule has 2 nitrogen and oxygen atoms in total. The highest BCUT2D eigenvalue weighted by Gasteiger charge is 2.07. The normalized spacial score (nSPS) is 10.4. The summed E-state index contributed by atoms with van der Waals surface area (Å²) in [6.07, 6.45) is 0. The van der Waals surface area contributed by atoms with E-state index in [0.29, 0.717) is 5.02 Å². The Balaban J connectivity index is 2.49. The molecule has 0 bridgehead atoms. The van der Waals surface area contributed by atoms with E-state index in [1.54, 1.807) is 24.3 Å². The van der Waals surface area contributed by atoms with Gasteiger partial charge in [-0.15, -0.1) is 0 Å². The second kappa shape index (κ2) is 4.83. The second-order valence-corrected chi connectivity index (χ2v) is 4.71. The number of benzene rings is 2. The van der Waals surface area contributed by atoms with Crippen LogP contribution in [0.25, 0.3) is 11.1 Å². The van der Waals surface area contributed by atoms with Gasteiger partial charge in [-0.2, -0.15) is 0 Å². The number of hydrogen-bond donors (Lipinski definition) is 1. The molecule has 0 aliphatic rings. The summed E-state index contributed by atoms with van der Waals surface area (Å²) >= 11 is 6.22. The van der Waals surface area contributed by atoms with Gasteiger partial charge in [-0.1, -0.05) is 23.7 Å². The third-order valence-corrected chi connectivity index (χ3v) is 3.34. The topological polar surface area (TPSA) is 37.3 Å². The Morgan fingerprint density at radius 1 is 1.06 bits per heavy atom. The summed E-state index contributed by atoms with van der Waals surface area (Å²) in [5, 5.41) is 9.54. The lowest BCUT2D eigenvalue weighted by Gasteiger charge is -2.09. The van der Waals surface area contributed by atoms with Crippen molar-refractivity contribution in [3.05, 3.63) is 58.1 Å². The number of carboxylic acid groups (broad SMARTS) is 1. The Morgan fingerprint density at radius 3 is 2.17 bits per heavy atom. The van der Waals surface area contributed by atoms with E-state index in [9.17, 15) is 4.79 Å². The summed E-state index contributed by atoms with van der Waals surface area (Å²) in [6.45, 7) is 4.04. The van der Waals surface area contributed by atoms with E-state index in [2.05, 4.69) is 0 Å². The molecule has 0 saturated heterocycles. The van der Waals surface area contributed by atoms with Crippen molar-refractivity contribution in [3.8, 4) is 11.1 Å². The average molecular weight is 261 g/mol. The first kappa shape index (κ1) is 12.7. The van der Waals surface area contributed by atoms with Crippen LogP contribution in [0.1, 0.15) is 21.5 Å². The molecule has 3 heteroatoms. The monoisotopic (exact) mass is 260 g/mol. The molecule has 0 fully saturated rings. The summed E-state index contributed by atoms with van der Waals surface area (Å²) in [4.78, 5) is 10.8. The summed E-state index contributed by atoms with van der Waals surface area (Å²) in [5.41, 5.74) is 4.44. The summed E-state index contributed by atoms with van der Waals surface area (Å²) in [6, 6.07) is 10.7. The van der Waals surface area contributed by atoms with E-state index < -0.39 is 5.97 Å². The van der Waals surface area contributed by atoms with Gasteiger partial charge in [-0.05, 0) is 54.8 Å². The molecule has 0 radical (unpaired) electrons. The van der Waals surface area contributed by atoms with Gasteiger partial charge in [-0.25, -0.2) is 4.79 Å². The average Bonchev–Trinajstić information content (AvgIpc) is 2.34. The third-order valence-electron chi connectivity index (χ3n) is 3.03. The van der Waals surface area contributed by atoms with Gasteiger partial charge < -0.3 is 5.11 Å². The molecule has 2 rings (SSSR count). The van der Waals surface area contributed by atoms with Crippen LogP contribution in [0, 0.1) is 13.8 Å². The van der Waals surface area contributed by atoms with E-state index >= 15 is 0 Å². The summed E-state index contributed by atoms with van der Waals surface area (Å²) in [7, 11) is 0. The van der Waals surface area contributed by atoms with Crippen molar-refractivity contribution in [2.45, 2.75) is 13.8 Å². The minimum Gasteiger partial charge on any atom is -0.478 e. The number of hydrogen-bond acceptors (Lipinski definition) is 1. The fourth-order valence-electron chi connectivity index (χ4n) is 1.79. The first-order chi connectivity index (χ1) is 8.49. The van der Waals surface area contributed by atoms with Gasteiger partial charge >= 0.3 is 5.97 Å². The quantitative estimate of drug-likeness (QED) is 0.873. The zero-order valence-corrected chi connectivity index (χ0v) is 11.0. The molecule has 0 atom stereocenters. The molecule has 0 heterocycles. The Labute approximate surface area is 111 Å². The SMILES string of the molecule is Cc1cc(Cl)c(-c2ccc(C(=O)O)cc2)cc1C. The van der Waals surface area contributed by atoms with Crippen LogP contribution >= 0.6 is 11.6 Å². The van der Waals surface area contributed by atoms with Gasteiger partial charge in [0.2, 0.25) is 0 Å². The molecule has 0 spiro atoms. The van der Waals surface area contributed by atoms with Crippen molar-refractivity contribution < 1.29 is 9.90 Å². The van der Waals surface area contributed by atoms with Gasteiger partial charge in [0, 0.05) is 10.6 Å². The standard InChI is InChI=1S/C15H13ClO2/c1-9-7-13(14(16)8-10(9)2)11-3-5-12(6-4-11)15(17)18/h3-8H,1-2H3,(H,17,18). The van der Waals surface area contributed by atoms with Crippen LogP contribution in [0.15, 0.2) is 36.4 Å². The van der Waals surface area contributed by atoms with Crippen LogP contribution in [-0.2, 0) is 0 Å². The minimum atomic E-state index is -0.923. The van der Waals surface area contributed by atoms with E-state index in [-0.39, 0.29) is 5.56 Å². The molecule has 0 unspecified atom stereocenters. The van der Waals surface area contributed by atoms with Crippen molar-refractivity contribution in [1.82, 2.24) is 0 Å². The third kappa shape index (κ3) is 2.39. The first-order valence-corrected chi connectivity index (χ1v) is 5.97. The van der Waals surface area contributed by atoms with Gasteiger partial charge in [0.25, 0.3) is 0 Å². The fraction of sp³-hybridized carbons (Fsp3) is 0.133. The summed E-state index contributed by atoms with van der Waals surface area (Å²) < 4.78 is 0.